The lowest BCUT2D eigenvalue weighted by Crippen LogP contribution is -2.12. The molecule has 5 nitrogen and oxygen atoms in total. The number of fused-ring (bicyclic) bond motifs is 1. The minimum atomic E-state index is -1.14. The molecule has 5 heteroatoms. The Hall–Kier alpha value is -2.43. The van der Waals surface area contributed by atoms with Crippen molar-refractivity contribution in [3.63, 3.8) is 0 Å². The molecule has 2 aromatic rings. The van der Waals surface area contributed by atoms with E-state index in [1.54, 1.807) is 6.20 Å². The van der Waals surface area contributed by atoms with Crippen molar-refractivity contribution in [1.29, 1.82) is 0 Å². The fourth-order valence-corrected chi connectivity index (χ4v) is 2.67. The molecule has 0 atom stereocenters. The molecule has 1 heterocycles. The van der Waals surface area contributed by atoms with Crippen LogP contribution < -0.4 is 5.73 Å². The molecule has 0 saturated heterocycles. The summed E-state index contributed by atoms with van der Waals surface area (Å²) in [5.74, 6) is -0.951. The average molecular weight is 255 g/mol. The Morgan fingerprint density at radius 3 is 2.47 bits per heavy atom. The molecule has 0 bridgehead atoms. The Balaban J connectivity index is 1.98. The Labute approximate surface area is 110 Å². The zero-order valence-electron chi connectivity index (χ0n) is 10.2. The van der Waals surface area contributed by atoms with Gasteiger partial charge in [-0.2, -0.15) is 5.10 Å². The van der Waals surface area contributed by atoms with Gasteiger partial charge in [0, 0.05) is 5.56 Å². The number of nitrogens with zero attached hydrogens (tertiary/aromatic N) is 2. The molecule has 0 unspecified atom stereocenters. The summed E-state index contributed by atoms with van der Waals surface area (Å²) < 4.78 is 0. The van der Waals surface area contributed by atoms with E-state index in [0.717, 1.165) is 18.4 Å². The van der Waals surface area contributed by atoms with Gasteiger partial charge in [-0.05, 0) is 29.9 Å². The summed E-state index contributed by atoms with van der Waals surface area (Å²) in [7, 11) is 0. The van der Waals surface area contributed by atoms with E-state index < -0.39 is 5.97 Å². The van der Waals surface area contributed by atoms with Crippen molar-refractivity contribution in [2.45, 2.75) is 18.8 Å². The van der Waals surface area contributed by atoms with E-state index >= 15 is 0 Å². The average Bonchev–Trinajstić information content (AvgIpc) is 2.82. The molecule has 0 fully saturated rings. The first-order chi connectivity index (χ1) is 9.16. The number of nitrogens with two attached hydrogens (primary N) is 1. The zero-order valence-corrected chi connectivity index (χ0v) is 10.2. The highest BCUT2D eigenvalue weighted by Crippen LogP contribution is 2.36. The highest BCUT2D eigenvalue weighted by Gasteiger charge is 2.26. The van der Waals surface area contributed by atoms with Gasteiger partial charge in [0.15, 0.2) is 5.69 Å². The first-order valence-electron chi connectivity index (χ1n) is 6.08. The Morgan fingerprint density at radius 1 is 1.26 bits per heavy atom. The number of rotatable bonds is 2. The van der Waals surface area contributed by atoms with Gasteiger partial charge in [0.1, 0.15) is 0 Å². The van der Waals surface area contributed by atoms with Gasteiger partial charge in [-0.15, -0.1) is 5.10 Å². The molecule has 1 aromatic heterocycles. The predicted molar refractivity (Wildman–Crippen MR) is 70.0 cm³/mol. The van der Waals surface area contributed by atoms with Crippen LogP contribution >= 0.6 is 0 Å². The number of hydrogen-bond donors (Lipinski definition) is 2. The highest BCUT2D eigenvalue weighted by molar-refractivity contribution is 5.91. The first kappa shape index (κ1) is 11.6. The molecular formula is C14H13N3O2. The molecule has 0 aliphatic heterocycles. The molecule has 0 spiro atoms. The summed E-state index contributed by atoms with van der Waals surface area (Å²) in [6.45, 7) is 0. The zero-order chi connectivity index (χ0) is 13.4. The summed E-state index contributed by atoms with van der Waals surface area (Å²) >= 11 is 0. The Bertz CT molecular complexity index is 630. The topological polar surface area (TPSA) is 89.1 Å². The maximum Gasteiger partial charge on any atom is 0.358 e. The Morgan fingerprint density at radius 2 is 1.89 bits per heavy atom. The van der Waals surface area contributed by atoms with Crippen LogP contribution in [0, 0.1) is 0 Å². The van der Waals surface area contributed by atoms with Crippen molar-refractivity contribution in [3.05, 3.63) is 52.8 Å². The van der Waals surface area contributed by atoms with E-state index in [2.05, 4.69) is 22.3 Å². The van der Waals surface area contributed by atoms with Crippen LogP contribution in [-0.4, -0.2) is 21.3 Å². The number of aromatic nitrogens is 2. The van der Waals surface area contributed by atoms with E-state index in [1.807, 2.05) is 12.1 Å². The van der Waals surface area contributed by atoms with Crippen molar-refractivity contribution in [2.75, 3.05) is 5.73 Å². The summed E-state index contributed by atoms with van der Waals surface area (Å²) in [4.78, 5) is 11.0. The van der Waals surface area contributed by atoms with Gasteiger partial charge in [-0.25, -0.2) is 4.79 Å². The monoisotopic (exact) mass is 255 g/mol. The van der Waals surface area contributed by atoms with Crippen LogP contribution in [0.4, 0.5) is 5.69 Å². The Kier molecular flexibility index (Phi) is 2.67. The molecule has 3 rings (SSSR count). The van der Waals surface area contributed by atoms with E-state index in [0.29, 0.717) is 0 Å². The van der Waals surface area contributed by atoms with Crippen LogP contribution in [0.2, 0.25) is 0 Å². The van der Waals surface area contributed by atoms with Crippen molar-refractivity contribution in [3.8, 4) is 0 Å². The molecular weight excluding hydrogens is 242 g/mol. The highest BCUT2D eigenvalue weighted by atomic mass is 16.4. The van der Waals surface area contributed by atoms with E-state index in [4.69, 9.17) is 10.8 Å². The number of anilines is 1. The molecule has 0 radical (unpaired) electrons. The van der Waals surface area contributed by atoms with Gasteiger partial charge in [0.05, 0.1) is 11.9 Å². The third-order valence-corrected chi connectivity index (χ3v) is 3.61. The number of benzene rings is 1. The third kappa shape index (κ3) is 1.93. The molecule has 1 aliphatic rings. The van der Waals surface area contributed by atoms with Gasteiger partial charge < -0.3 is 10.8 Å². The van der Waals surface area contributed by atoms with Crippen LogP contribution in [0.3, 0.4) is 0 Å². The van der Waals surface area contributed by atoms with E-state index in [-0.39, 0.29) is 17.3 Å². The second-order valence-electron chi connectivity index (χ2n) is 4.74. The van der Waals surface area contributed by atoms with Crippen molar-refractivity contribution in [1.82, 2.24) is 10.2 Å². The lowest BCUT2D eigenvalue weighted by Gasteiger charge is -2.12. The molecule has 3 N–H and O–H groups in total. The second kappa shape index (κ2) is 4.35. The molecule has 96 valence electrons. The van der Waals surface area contributed by atoms with Crippen LogP contribution in [0.15, 0.2) is 30.5 Å². The van der Waals surface area contributed by atoms with Crippen LogP contribution in [-0.2, 0) is 12.8 Å². The normalized spacial score (nSPS) is 14.3. The standard InChI is InChI=1S/C14H13N3O2/c15-12-11(7-16-17-13(12)14(18)19)10-5-8-3-1-2-4-9(8)6-10/h1-4,7,10H,5-6H2,(H2,15,16)(H,18,19). The lowest BCUT2D eigenvalue weighted by atomic mass is 9.96. The summed E-state index contributed by atoms with van der Waals surface area (Å²) in [6.07, 6.45) is 3.31. The van der Waals surface area contributed by atoms with Gasteiger partial charge >= 0.3 is 5.97 Å². The second-order valence-corrected chi connectivity index (χ2v) is 4.74. The number of aromatic carboxylic acids is 1. The smallest absolute Gasteiger partial charge is 0.358 e. The first-order valence-corrected chi connectivity index (χ1v) is 6.08. The van der Waals surface area contributed by atoms with Crippen LogP contribution in [0.5, 0.6) is 0 Å². The number of carboxylic acids is 1. The van der Waals surface area contributed by atoms with Gasteiger partial charge in [-0.1, -0.05) is 24.3 Å². The fourth-order valence-electron chi connectivity index (χ4n) is 2.67. The fraction of sp³-hybridized carbons (Fsp3) is 0.214. The minimum Gasteiger partial charge on any atom is -0.476 e. The van der Waals surface area contributed by atoms with Gasteiger partial charge in [-0.3, -0.25) is 0 Å². The number of carbonyl (C=O) groups is 1. The number of nitrogen functional groups attached to an aromatic ring is 1. The molecule has 1 aromatic carbocycles. The largest absolute Gasteiger partial charge is 0.476 e. The van der Waals surface area contributed by atoms with Crippen LogP contribution in [0.1, 0.15) is 33.1 Å². The molecule has 19 heavy (non-hydrogen) atoms. The molecule has 0 saturated carbocycles. The summed E-state index contributed by atoms with van der Waals surface area (Å²) in [5.41, 5.74) is 9.36. The number of carboxylic acid groups (broad SMARTS) is 1. The SMILES string of the molecule is Nc1c(C2Cc3ccccc3C2)cnnc1C(=O)O. The lowest BCUT2D eigenvalue weighted by molar-refractivity contribution is 0.0690. The van der Waals surface area contributed by atoms with Gasteiger partial charge in [0.25, 0.3) is 0 Å². The van der Waals surface area contributed by atoms with E-state index in [9.17, 15) is 4.79 Å². The van der Waals surface area contributed by atoms with Crippen molar-refractivity contribution >= 4 is 11.7 Å². The molecule has 1 aliphatic carbocycles. The third-order valence-electron chi connectivity index (χ3n) is 3.61. The van der Waals surface area contributed by atoms with Crippen molar-refractivity contribution in [2.24, 2.45) is 0 Å². The summed E-state index contributed by atoms with van der Waals surface area (Å²) in [5, 5.41) is 16.4. The maximum absolute atomic E-state index is 11.0. The maximum atomic E-state index is 11.0. The summed E-state index contributed by atoms with van der Waals surface area (Å²) in [6, 6.07) is 8.21. The van der Waals surface area contributed by atoms with Crippen LogP contribution in [0.25, 0.3) is 0 Å². The predicted octanol–water partition coefficient (Wildman–Crippen LogP) is 1.64. The molecule has 0 amide bonds. The number of hydrogen-bond acceptors (Lipinski definition) is 4. The van der Waals surface area contributed by atoms with Crippen molar-refractivity contribution < 1.29 is 9.90 Å². The quantitative estimate of drug-likeness (QED) is 0.851. The van der Waals surface area contributed by atoms with E-state index in [1.165, 1.54) is 11.1 Å². The van der Waals surface area contributed by atoms with Gasteiger partial charge in [0.2, 0.25) is 0 Å². The minimum absolute atomic E-state index is 0.159.